The number of alkyl halides is 12. The van der Waals surface area contributed by atoms with Crippen LogP contribution in [0.25, 0.3) is 0 Å². The fourth-order valence-corrected chi connectivity index (χ4v) is 3.12. The Morgan fingerprint density at radius 1 is 0.389 bits per heavy atom. The third kappa shape index (κ3) is 1.39. The highest BCUT2D eigenvalue weighted by Gasteiger charge is 2.99. The largest absolute Gasteiger partial charge is 0.380 e. The van der Waals surface area contributed by atoms with Crippen molar-refractivity contribution in [1.82, 2.24) is 0 Å². The lowest BCUT2D eigenvalue weighted by molar-refractivity contribution is -0.416. The van der Waals surface area contributed by atoms with Crippen LogP contribution in [0.4, 0.5) is 43.9 Å². The van der Waals surface area contributed by atoms with Gasteiger partial charge in [0.25, 0.3) is 7.35 Å². The summed E-state index contributed by atoms with van der Waals surface area (Å²) >= 11 is -0.962. The van der Waals surface area contributed by atoms with Gasteiger partial charge in [-0.05, 0) is 45.2 Å². The molecular weight excluding hydrogens is 516 g/mol. The topological polar surface area (TPSA) is 0 Å². The van der Waals surface area contributed by atoms with Crippen LogP contribution < -0.4 is 0 Å². The zero-order chi connectivity index (χ0) is 15.0. The average Bonchev–Trinajstić information content (AvgIpc) is 2.14. The zero-order valence-electron chi connectivity index (χ0n) is 7.54. The summed E-state index contributed by atoms with van der Waals surface area (Å²) in [5, 5.41) is 0. The van der Waals surface area contributed by atoms with Gasteiger partial charge in [0.05, 0.1) is 0 Å². The van der Waals surface area contributed by atoms with Gasteiger partial charge in [0.15, 0.2) is 0 Å². The number of halogens is 12. The molecule has 0 aliphatic heterocycles. The van der Waals surface area contributed by atoms with Crippen molar-refractivity contribution >= 4 is 45.2 Å². The molecule has 0 spiro atoms. The Morgan fingerprint density at radius 2 is 0.611 bits per heavy atom. The van der Waals surface area contributed by atoms with E-state index in [1.165, 1.54) is 0 Å². The van der Waals surface area contributed by atoms with Crippen LogP contribution in [0.3, 0.4) is 0 Å². The highest BCUT2D eigenvalue weighted by Crippen LogP contribution is 2.72. The van der Waals surface area contributed by atoms with Gasteiger partial charge in [-0.1, -0.05) is 0 Å². The van der Waals surface area contributed by atoms with Gasteiger partial charge >= 0.3 is 23.7 Å². The SMILES string of the molecule is FC1(F)C(F)(F)C(F)(I)C(F)(F)C(F)(I)C1(F)F. The molecule has 108 valence electrons. The molecule has 12 heteroatoms. The van der Waals surface area contributed by atoms with E-state index in [1.807, 2.05) is 0 Å². The fraction of sp³-hybridized carbons (Fsp3) is 1.00. The third-order valence-electron chi connectivity index (χ3n) is 2.37. The molecule has 2 atom stereocenters. The molecule has 0 aromatic carbocycles. The van der Waals surface area contributed by atoms with Gasteiger partial charge in [-0.25, -0.2) is 8.78 Å². The van der Waals surface area contributed by atoms with Gasteiger partial charge in [0, 0.05) is 0 Å². The first-order chi connectivity index (χ1) is 7.50. The maximum atomic E-state index is 13.2. The van der Waals surface area contributed by atoms with Crippen LogP contribution >= 0.6 is 45.2 Å². The van der Waals surface area contributed by atoms with Crippen LogP contribution in [0.15, 0.2) is 0 Å². The Morgan fingerprint density at radius 3 is 0.833 bits per heavy atom. The molecule has 0 N–H and O–H groups in total. The molecule has 1 aliphatic carbocycles. The van der Waals surface area contributed by atoms with E-state index in [0.29, 0.717) is 0 Å². The smallest absolute Gasteiger partial charge is 0.218 e. The molecule has 0 aromatic rings. The summed E-state index contributed by atoms with van der Waals surface area (Å²) in [6.45, 7) is 0. The number of hydrogen-bond donors (Lipinski definition) is 0. The lowest BCUT2D eigenvalue weighted by Gasteiger charge is -2.51. The second kappa shape index (κ2) is 3.69. The summed E-state index contributed by atoms with van der Waals surface area (Å²) in [5.74, 6) is -25.6. The molecule has 1 rings (SSSR count). The van der Waals surface area contributed by atoms with E-state index in [4.69, 9.17) is 0 Å². The fourth-order valence-electron chi connectivity index (χ4n) is 1.18. The van der Waals surface area contributed by atoms with E-state index in [0.717, 1.165) is 0 Å². The van der Waals surface area contributed by atoms with Crippen molar-refractivity contribution in [2.75, 3.05) is 0 Å². The van der Waals surface area contributed by atoms with E-state index in [9.17, 15) is 43.9 Å². The molecular formula is C6F10I2. The minimum Gasteiger partial charge on any atom is -0.218 e. The summed E-state index contributed by atoms with van der Waals surface area (Å²) in [5.41, 5.74) is 0. The van der Waals surface area contributed by atoms with Crippen LogP contribution in [0, 0.1) is 0 Å². The van der Waals surface area contributed by atoms with Crippen LogP contribution in [0.2, 0.25) is 0 Å². The monoisotopic (exact) mass is 516 g/mol. The summed E-state index contributed by atoms with van der Waals surface area (Å²) < 4.78 is 118. The van der Waals surface area contributed by atoms with Crippen LogP contribution in [0.5, 0.6) is 0 Å². The van der Waals surface area contributed by atoms with Crippen molar-refractivity contribution in [2.24, 2.45) is 0 Å². The van der Waals surface area contributed by atoms with Gasteiger partial charge in [0.2, 0.25) is 0 Å². The zero-order valence-corrected chi connectivity index (χ0v) is 11.9. The highest BCUT2D eigenvalue weighted by atomic mass is 127. The predicted molar refractivity (Wildman–Crippen MR) is 55.5 cm³/mol. The normalized spacial score (nSPS) is 44.7. The summed E-state index contributed by atoms with van der Waals surface area (Å²) in [6, 6.07) is 0. The molecule has 0 heterocycles. The van der Waals surface area contributed by atoms with Gasteiger partial charge in [0.1, 0.15) is 0 Å². The number of hydrogen-bond acceptors (Lipinski definition) is 0. The molecule has 2 unspecified atom stereocenters. The molecule has 1 aliphatic rings. The summed E-state index contributed by atoms with van der Waals surface area (Å²) in [7, 11) is 0. The summed E-state index contributed by atoms with van der Waals surface area (Å²) in [6.07, 6.45) is 0. The van der Waals surface area contributed by atoms with E-state index in [2.05, 4.69) is 0 Å². The first kappa shape index (κ1) is 16.8. The molecule has 0 aromatic heterocycles. The van der Waals surface area contributed by atoms with Crippen molar-refractivity contribution in [3.8, 4) is 0 Å². The van der Waals surface area contributed by atoms with Crippen molar-refractivity contribution in [3.63, 3.8) is 0 Å². The van der Waals surface area contributed by atoms with E-state index < -0.39 is 76.2 Å². The van der Waals surface area contributed by atoms with Crippen molar-refractivity contribution in [1.29, 1.82) is 0 Å². The molecule has 18 heavy (non-hydrogen) atoms. The minimum atomic E-state index is -6.62. The second-order valence-corrected chi connectivity index (χ2v) is 6.42. The molecule has 0 bridgehead atoms. The quantitative estimate of drug-likeness (QED) is 0.248. The second-order valence-electron chi connectivity index (χ2n) is 3.45. The number of rotatable bonds is 0. The van der Waals surface area contributed by atoms with Gasteiger partial charge in [-0.3, -0.25) is 0 Å². The Bertz CT molecular complexity index is 256. The maximum Gasteiger partial charge on any atom is 0.380 e. The van der Waals surface area contributed by atoms with E-state index in [1.54, 1.807) is 0 Å². The molecule has 1 fully saturated rings. The Kier molecular flexibility index (Phi) is 3.45. The third-order valence-corrected chi connectivity index (χ3v) is 5.08. The lowest BCUT2D eigenvalue weighted by Crippen LogP contribution is -2.81. The summed E-state index contributed by atoms with van der Waals surface area (Å²) in [4.78, 5) is 0. The molecule has 0 amide bonds. The lowest BCUT2D eigenvalue weighted by atomic mass is 9.83. The van der Waals surface area contributed by atoms with Crippen molar-refractivity contribution < 1.29 is 43.9 Å². The first-order valence-corrected chi connectivity index (χ1v) is 5.93. The Balaban J connectivity index is 3.72. The Hall–Kier alpha value is 0.760. The molecule has 1 saturated carbocycles. The minimum absolute atomic E-state index is 0.481. The van der Waals surface area contributed by atoms with Crippen molar-refractivity contribution in [3.05, 3.63) is 0 Å². The molecule has 0 nitrogen and oxygen atoms in total. The van der Waals surface area contributed by atoms with Crippen LogP contribution in [-0.2, 0) is 0 Å². The van der Waals surface area contributed by atoms with Gasteiger partial charge in [-0.2, -0.15) is 35.1 Å². The standard InChI is InChI=1S/C6F10I2/c7-1(8)2(9,10)5(15,17)4(13,14)6(16,18)3(1,11)12. The maximum absolute atomic E-state index is 13.2. The van der Waals surface area contributed by atoms with Crippen LogP contribution in [0.1, 0.15) is 0 Å². The van der Waals surface area contributed by atoms with Gasteiger partial charge in [-0.15, -0.1) is 0 Å². The van der Waals surface area contributed by atoms with E-state index in [-0.39, 0.29) is 0 Å². The van der Waals surface area contributed by atoms with Crippen molar-refractivity contribution in [2.45, 2.75) is 31.0 Å². The van der Waals surface area contributed by atoms with E-state index >= 15 is 0 Å². The van der Waals surface area contributed by atoms with Gasteiger partial charge < -0.3 is 0 Å². The molecule has 0 saturated heterocycles. The first-order valence-electron chi connectivity index (χ1n) is 3.77. The Labute approximate surface area is 120 Å². The molecule has 0 radical (unpaired) electrons. The van der Waals surface area contributed by atoms with Crippen LogP contribution in [-0.4, -0.2) is 31.0 Å². The predicted octanol–water partition coefficient (Wildman–Crippen LogP) is 4.74. The average molecular weight is 516 g/mol. The highest BCUT2D eigenvalue weighted by molar-refractivity contribution is 14.1.